The Morgan fingerprint density at radius 3 is 2.68 bits per heavy atom. The van der Waals surface area contributed by atoms with Crippen LogP contribution < -0.4 is 10.5 Å². The molecule has 0 amide bonds. The minimum atomic E-state index is -2.80. The van der Waals surface area contributed by atoms with Crippen LogP contribution in [-0.2, 0) is 0 Å². The topological polar surface area (TPSA) is 50.8 Å². The van der Waals surface area contributed by atoms with Gasteiger partial charge in [-0.15, -0.1) is 0 Å². The molecule has 1 heterocycles. The third-order valence-electron chi connectivity index (χ3n) is 3.05. The minimum absolute atomic E-state index is 0.0838. The van der Waals surface area contributed by atoms with Crippen LogP contribution in [0.25, 0.3) is 0 Å². The molecule has 104 valence electrons. The van der Waals surface area contributed by atoms with Crippen molar-refractivity contribution in [2.75, 3.05) is 13.1 Å². The van der Waals surface area contributed by atoms with E-state index in [1.54, 1.807) is 24.3 Å². The molecule has 0 radical (unpaired) electrons. The van der Waals surface area contributed by atoms with E-state index in [4.69, 9.17) is 5.73 Å². The maximum absolute atomic E-state index is 12.1. The number of aliphatic imine (C=N–C) groups is 1. The van der Waals surface area contributed by atoms with Gasteiger partial charge in [0, 0.05) is 6.54 Å². The molecule has 0 aromatic heterocycles. The maximum Gasteiger partial charge on any atom is 0.387 e. The zero-order chi connectivity index (χ0) is 13.8. The number of halogens is 2. The lowest BCUT2D eigenvalue weighted by atomic mass is 10.1. The number of alkyl halides is 2. The van der Waals surface area contributed by atoms with E-state index >= 15 is 0 Å². The van der Waals surface area contributed by atoms with Crippen LogP contribution in [0.15, 0.2) is 29.3 Å². The molecule has 0 aliphatic carbocycles. The van der Waals surface area contributed by atoms with E-state index in [-0.39, 0.29) is 11.8 Å². The fourth-order valence-corrected chi connectivity index (χ4v) is 2.20. The molecule has 0 bridgehead atoms. The molecule has 6 heteroatoms. The summed E-state index contributed by atoms with van der Waals surface area (Å²) in [5.41, 5.74) is 6.84. The van der Waals surface area contributed by atoms with Crippen molar-refractivity contribution in [3.63, 3.8) is 0 Å². The van der Waals surface area contributed by atoms with E-state index in [1.807, 2.05) is 4.90 Å². The number of hydrogen-bond donors (Lipinski definition) is 1. The molecular weight excluding hydrogens is 252 g/mol. The molecule has 1 unspecified atom stereocenters. The van der Waals surface area contributed by atoms with Crippen molar-refractivity contribution in [3.8, 4) is 5.75 Å². The zero-order valence-corrected chi connectivity index (χ0v) is 10.7. The van der Waals surface area contributed by atoms with Gasteiger partial charge in [0.05, 0.1) is 12.6 Å². The molecule has 0 spiro atoms. The Morgan fingerprint density at radius 1 is 1.42 bits per heavy atom. The Bertz CT molecular complexity index is 448. The number of hydrogen-bond acceptors (Lipinski definition) is 4. The zero-order valence-electron chi connectivity index (χ0n) is 10.7. The molecule has 0 saturated carbocycles. The van der Waals surface area contributed by atoms with E-state index in [9.17, 15) is 8.78 Å². The first-order chi connectivity index (χ1) is 9.11. The second kappa shape index (κ2) is 5.86. The fourth-order valence-electron chi connectivity index (χ4n) is 2.20. The molecule has 0 saturated heterocycles. The van der Waals surface area contributed by atoms with Gasteiger partial charge < -0.3 is 15.4 Å². The van der Waals surface area contributed by atoms with Crippen LogP contribution in [0.4, 0.5) is 8.78 Å². The first-order valence-electron chi connectivity index (χ1n) is 6.23. The van der Waals surface area contributed by atoms with Crippen LogP contribution in [0.5, 0.6) is 5.75 Å². The van der Waals surface area contributed by atoms with Gasteiger partial charge in [0.1, 0.15) is 5.75 Å². The van der Waals surface area contributed by atoms with Crippen molar-refractivity contribution in [2.24, 2.45) is 10.7 Å². The van der Waals surface area contributed by atoms with E-state index in [0.717, 1.165) is 18.5 Å². The summed E-state index contributed by atoms with van der Waals surface area (Å²) in [5, 5.41) is 0. The van der Waals surface area contributed by atoms with Crippen LogP contribution >= 0.6 is 0 Å². The number of nitrogens with zero attached hydrogens (tertiary/aromatic N) is 2. The van der Waals surface area contributed by atoms with Crippen LogP contribution in [0.3, 0.4) is 0 Å². The SMILES string of the molecule is CCCN1C(N)=NCC1c1ccc(OC(F)F)cc1. The smallest absolute Gasteiger partial charge is 0.387 e. The maximum atomic E-state index is 12.1. The number of guanidine groups is 1. The van der Waals surface area contributed by atoms with E-state index in [1.165, 1.54) is 0 Å². The summed E-state index contributed by atoms with van der Waals surface area (Å²) in [6, 6.07) is 6.72. The number of nitrogens with two attached hydrogens (primary N) is 1. The Kier molecular flexibility index (Phi) is 4.19. The lowest BCUT2D eigenvalue weighted by Gasteiger charge is -2.26. The summed E-state index contributed by atoms with van der Waals surface area (Å²) in [7, 11) is 0. The summed E-state index contributed by atoms with van der Waals surface area (Å²) in [5.74, 6) is 0.701. The van der Waals surface area contributed by atoms with Gasteiger partial charge in [-0.05, 0) is 24.1 Å². The average molecular weight is 269 g/mol. The third kappa shape index (κ3) is 3.13. The first-order valence-corrected chi connectivity index (χ1v) is 6.23. The van der Waals surface area contributed by atoms with Gasteiger partial charge >= 0.3 is 6.61 Å². The Hall–Kier alpha value is -1.85. The third-order valence-corrected chi connectivity index (χ3v) is 3.05. The summed E-state index contributed by atoms with van der Waals surface area (Å²) < 4.78 is 28.5. The highest BCUT2D eigenvalue weighted by atomic mass is 19.3. The normalized spacial score (nSPS) is 18.8. The quantitative estimate of drug-likeness (QED) is 0.892. The molecule has 19 heavy (non-hydrogen) atoms. The molecule has 1 aromatic rings. The second-order valence-electron chi connectivity index (χ2n) is 4.36. The van der Waals surface area contributed by atoms with Crippen molar-refractivity contribution in [1.82, 2.24) is 4.90 Å². The number of rotatable bonds is 5. The number of ether oxygens (including phenoxy) is 1. The summed E-state index contributed by atoms with van der Waals surface area (Å²) >= 11 is 0. The monoisotopic (exact) mass is 269 g/mol. The Balaban J connectivity index is 2.09. The van der Waals surface area contributed by atoms with Crippen molar-refractivity contribution < 1.29 is 13.5 Å². The van der Waals surface area contributed by atoms with Gasteiger partial charge in [-0.2, -0.15) is 8.78 Å². The predicted molar refractivity (Wildman–Crippen MR) is 69.3 cm³/mol. The second-order valence-corrected chi connectivity index (χ2v) is 4.36. The highest BCUT2D eigenvalue weighted by molar-refractivity contribution is 5.80. The average Bonchev–Trinajstić information content (AvgIpc) is 2.72. The Labute approximate surface area is 110 Å². The van der Waals surface area contributed by atoms with E-state index in [0.29, 0.717) is 12.5 Å². The predicted octanol–water partition coefficient (Wildman–Crippen LogP) is 2.37. The highest BCUT2D eigenvalue weighted by Gasteiger charge is 2.26. The summed E-state index contributed by atoms with van der Waals surface area (Å²) in [6.45, 7) is 0.700. The molecule has 1 atom stereocenters. The largest absolute Gasteiger partial charge is 0.435 e. The molecular formula is C13H17F2N3O. The van der Waals surface area contributed by atoms with Gasteiger partial charge in [0.15, 0.2) is 5.96 Å². The van der Waals surface area contributed by atoms with Gasteiger partial charge in [-0.25, -0.2) is 0 Å². The van der Waals surface area contributed by atoms with Crippen LogP contribution in [-0.4, -0.2) is 30.6 Å². The van der Waals surface area contributed by atoms with Crippen molar-refractivity contribution in [1.29, 1.82) is 0 Å². The van der Waals surface area contributed by atoms with Gasteiger partial charge in [-0.3, -0.25) is 4.99 Å². The molecule has 1 aromatic carbocycles. The fraction of sp³-hybridized carbons (Fsp3) is 0.462. The molecule has 4 nitrogen and oxygen atoms in total. The minimum Gasteiger partial charge on any atom is -0.435 e. The molecule has 2 N–H and O–H groups in total. The lowest BCUT2D eigenvalue weighted by Crippen LogP contribution is -2.36. The van der Waals surface area contributed by atoms with Gasteiger partial charge in [0.25, 0.3) is 0 Å². The molecule has 1 aliphatic rings. The molecule has 2 rings (SSSR count). The summed E-state index contributed by atoms with van der Waals surface area (Å²) in [6.07, 6.45) is 0.972. The summed E-state index contributed by atoms with van der Waals surface area (Å²) in [4.78, 5) is 6.26. The van der Waals surface area contributed by atoms with Crippen molar-refractivity contribution in [2.45, 2.75) is 26.0 Å². The van der Waals surface area contributed by atoms with Crippen LogP contribution in [0.2, 0.25) is 0 Å². The van der Waals surface area contributed by atoms with Crippen molar-refractivity contribution >= 4 is 5.96 Å². The molecule has 0 fully saturated rings. The van der Waals surface area contributed by atoms with Crippen LogP contribution in [0.1, 0.15) is 24.9 Å². The van der Waals surface area contributed by atoms with E-state index in [2.05, 4.69) is 16.7 Å². The van der Waals surface area contributed by atoms with Crippen molar-refractivity contribution in [3.05, 3.63) is 29.8 Å². The number of benzene rings is 1. The van der Waals surface area contributed by atoms with E-state index < -0.39 is 6.61 Å². The first kappa shape index (κ1) is 13.6. The van der Waals surface area contributed by atoms with Crippen LogP contribution in [0, 0.1) is 0 Å². The van der Waals surface area contributed by atoms with Gasteiger partial charge in [-0.1, -0.05) is 19.1 Å². The molecule has 1 aliphatic heterocycles. The Morgan fingerprint density at radius 2 is 2.11 bits per heavy atom. The lowest BCUT2D eigenvalue weighted by molar-refractivity contribution is -0.0498. The van der Waals surface area contributed by atoms with Gasteiger partial charge in [0.2, 0.25) is 0 Å². The highest BCUT2D eigenvalue weighted by Crippen LogP contribution is 2.27. The standard InChI is InChI=1S/C13H17F2N3O/c1-2-7-18-11(8-17-13(18)16)9-3-5-10(6-4-9)19-12(14)15/h3-6,11-12H,2,7-8H2,1H3,(H2,16,17).